The van der Waals surface area contributed by atoms with E-state index in [0.717, 1.165) is 4.90 Å². The number of anilines is 8. The molecule has 0 aliphatic heterocycles. The number of para-hydroxylation sites is 4. The Kier molecular flexibility index (Phi) is 13.4. The van der Waals surface area contributed by atoms with Gasteiger partial charge in [-0.2, -0.15) is 0 Å². The Morgan fingerprint density at radius 1 is 0.529 bits per heavy atom. The number of sulfonamides is 2. The third-order valence-electron chi connectivity index (χ3n) is 11.0. The van der Waals surface area contributed by atoms with E-state index < -0.39 is 55.6 Å². The van der Waals surface area contributed by atoms with E-state index in [2.05, 4.69) is 40.0 Å². The maximum absolute atomic E-state index is 15.4. The summed E-state index contributed by atoms with van der Waals surface area (Å²) in [5.41, 5.74) is 5.81. The predicted octanol–water partition coefficient (Wildman–Crippen LogP) is 7.30. The van der Waals surface area contributed by atoms with Crippen LogP contribution in [0.2, 0.25) is 0 Å². The molecule has 6 N–H and O–H groups in total. The van der Waals surface area contributed by atoms with Gasteiger partial charge in [0.15, 0.2) is 28.9 Å². The quantitative estimate of drug-likeness (QED) is 0.0563. The molecule has 0 aliphatic carbocycles. The summed E-state index contributed by atoms with van der Waals surface area (Å²) in [7, 11) is -3.02. The topological polar surface area (TPSA) is 238 Å². The number of benzene rings is 6. The molecule has 2 heterocycles. The van der Waals surface area contributed by atoms with Gasteiger partial charge in [-0.25, -0.2) is 45.6 Å². The molecule has 70 heavy (non-hydrogen) atoms. The minimum Gasteiger partial charge on any atom is -0.370 e. The van der Waals surface area contributed by atoms with Crippen molar-refractivity contribution < 1.29 is 35.2 Å². The predicted molar refractivity (Wildman–Crippen MR) is 264 cm³/mol. The number of rotatable bonds is 17. The Balaban J connectivity index is 1.22. The highest BCUT2D eigenvalue weighted by Gasteiger charge is 2.48. The summed E-state index contributed by atoms with van der Waals surface area (Å²) >= 11 is 0. The third kappa shape index (κ3) is 10.1. The van der Waals surface area contributed by atoms with Crippen molar-refractivity contribution in [2.24, 2.45) is 5.73 Å². The standard InChI is InChI=1S/C48H44F2N12O6S2/c1-60(2)48(61(3)4,29-42(51)63)47(64)62(34-17-11-19-36(27-34)69(65,66)58-45-43(52-32-15-9-13-30(49)25-32)54-38-21-5-7-23-40(38)56-45)35-18-12-20-37(28-35)70(67,68)59-46-44(53-33-16-10-14-31(50)26-33)55-39-22-6-8-24-41(39)57-46/h5-28H,29H2,1-4H3,(H2,51,63)(H,52,54)(H,53,55)(H,56,58)(H,57,59). The van der Waals surface area contributed by atoms with Crippen molar-refractivity contribution in [3.63, 3.8) is 0 Å². The fourth-order valence-electron chi connectivity index (χ4n) is 7.65. The Labute approximate surface area is 401 Å². The first-order valence-corrected chi connectivity index (χ1v) is 24.1. The van der Waals surface area contributed by atoms with Gasteiger partial charge in [0, 0.05) is 11.4 Å². The molecule has 358 valence electrons. The summed E-state index contributed by atoms with van der Waals surface area (Å²) in [6.45, 7) is 0. The molecule has 0 saturated carbocycles. The van der Waals surface area contributed by atoms with Crippen LogP contribution in [0.1, 0.15) is 6.42 Å². The van der Waals surface area contributed by atoms with Crippen LogP contribution in [0.15, 0.2) is 155 Å². The highest BCUT2D eigenvalue weighted by atomic mass is 32.2. The van der Waals surface area contributed by atoms with Crippen LogP contribution in [-0.2, 0) is 29.6 Å². The molecule has 0 fully saturated rings. The van der Waals surface area contributed by atoms with E-state index in [-0.39, 0.29) is 55.8 Å². The van der Waals surface area contributed by atoms with Gasteiger partial charge in [-0.3, -0.25) is 33.7 Å². The molecule has 0 saturated heterocycles. The number of nitrogens with zero attached hydrogens (tertiary/aromatic N) is 7. The molecule has 0 bridgehead atoms. The number of aromatic nitrogens is 4. The molecule has 2 aromatic heterocycles. The van der Waals surface area contributed by atoms with Crippen LogP contribution in [0.5, 0.6) is 0 Å². The summed E-state index contributed by atoms with van der Waals surface area (Å²) in [4.78, 5) is 49.6. The number of hydrogen-bond acceptors (Lipinski definition) is 14. The first kappa shape index (κ1) is 48.3. The number of carbonyl (C=O) groups is 2. The molecule has 0 radical (unpaired) electrons. The second-order valence-corrected chi connectivity index (χ2v) is 19.5. The molecule has 22 heteroatoms. The SMILES string of the molecule is CN(C)C(CC(N)=O)(C(=O)N(c1cccc(S(=O)(=O)Nc2nc3ccccc3nc2Nc2cccc(F)c2)c1)c1cccc(S(=O)(=O)Nc2nc3ccccc3nc2Nc2cccc(F)c2)c1)N(C)C. The number of primary amides is 1. The fourth-order valence-corrected chi connectivity index (χ4v) is 9.75. The molecule has 6 aromatic carbocycles. The summed E-state index contributed by atoms with van der Waals surface area (Å²) < 4.78 is 91.3. The zero-order valence-electron chi connectivity index (χ0n) is 37.8. The van der Waals surface area contributed by atoms with Gasteiger partial charge in [0.25, 0.3) is 26.0 Å². The summed E-state index contributed by atoms with van der Waals surface area (Å²) in [5, 5.41) is 5.87. The minimum absolute atomic E-state index is 0.0489. The van der Waals surface area contributed by atoms with Crippen LogP contribution < -0.4 is 30.7 Å². The minimum atomic E-state index is -4.61. The highest BCUT2D eigenvalue weighted by Crippen LogP contribution is 2.37. The van der Waals surface area contributed by atoms with Crippen LogP contribution >= 0.6 is 0 Å². The zero-order chi connectivity index (χ0) is 50.0. The molecular formula is C48H44F2N12O6S2. The summed E-state index contributed by atoms with van der Waals surface area (Å²) in [6, 6.07) is 34.9. The monoisotopic (exact) mass is 986 g/mol. The largest absolute Gasteiger partial charge is 0.370 e. The van der Waals surface area contributed by atoms with Gasteiger partial charge in [-0.15, -0.1) is 0 Å². The van der Waals surface area contributed by atoms with Crippen molar-refractivity contribution in [1.82, 2.24) is 29.7 Å². The lowest BCUT2D eigenvalue weighted by atomic mass is 9.99. The average Bonchev–Trinajstić information content (AvgIpc) is 3.31. The Hall–Kier alpha value is -8.18. The summed E-state index contributed by atoms with van der Waals surface area (Å²) in [5.74, 6) is -3.36. The van der Waals surface area contributed by atoms with Gasteiger partial charge < -0.3 is 16.4 Å². The van der Waals surface area contributed by atoms with Crippen LogP contribution in [0.25, 0.3) is 22.1 Å². The molecule has 8 rings (SSSR count). The van der Waals surface area contributed by atoms with Crippen molar-refractivity contribution in [3.05, 3.63) is 157 Å². The molecule has 8 aromatic rings. The first-order valence-electron chi connectivity index (χ1n) is 21.2. The lowest BCUT2D eigenvalue weighted by molar-refractivity contribution is -0.144. The molecular weight excluding hydrogens is 943 g/mol. The molecule has 0 atom stereocenters. The van der Waals surface area contributed by atoms with Crippen molar-refractivity contribution in [2.75, 3.05) is 53.2 Å². The van der Waals surface area contributed by atoms with Gasteiger partial charge in [-0.05, 0) is 125 Å². The molecule has 0 aliphatic rings. The van der Waals surface area contributed by atoms with Crippen molar-refractivity contribution in [2.45, 2.75) is 21.9 Å². The Bertz CT molecular complexity index is 3340. The van der Waals surface area contributed by atoms with E-state index in [1.807, 2.05) is 0 Å². The van der Waals surface area contributed by atoms with E-state index in [1.165, 1.54) is 94.7 Å². The molecule has 2 amide bonds. The average molecular weight is 987 g/mol. The lowest BCUT2D eigenvalue weighted by Crippen LogP contribution is -2.65. The normalized spacial score (nSPS) is 12.0. The van der Waals surface area contributed by atoms with E-state index in [9.17, 15) is 30.4 Å². The van der Waals surface area contributed by atoms with Gasteiger partial charge in [0.2, 0.25) is 5.91 Å². The Morgan fingerprint density at radius 3 is 1.26 bits per heavy atom. The smallest absolute Gasteiger partial charge is 0.267 e. The number of nitrogens with one attached hydrogen (secondary N) is 4. The zero-order valence-corrected chi connectivity index (χ0v) is 39.4. The number of hydrogen-bond donors (Lipinski definition) is 5. The van der Waals surface area contributed by atoms with E-state index in [0.29, 0.717) is 22.1 Å². The molecule has 0 unspecified atom stereocenters. The Morgan fingerprint density at radius 2 is 0.900 bits per heavy atom. The maximum atomic E-state index is 15.4. The number of amides is 2. The van der Waals surface area contributed by atoms with Crippen molar-refractivity contribution in [3.8, 4) is 0 Å². The van der Waals surface area contributed by atoms with E-state index in [4.69, 9.17) is 5.73 Å². The fraction of sp³-hybridized carbons (Fsp3) is 0.125. The first-order chi connectivity index (χ1) is 33.3. The van der Waals surface area contributed by atoms with Crippen molar-refractivity contribution in [1.29, 1.82) is 0 Å². The van der Waals surface area contributed by atoms with Gasteiger partial charge in [0.05, 0.1) is 49.7 Å². The van der Waals surface area contributed by atoms with E-state index >= 15 is 4.79 Å². The van der Waals surface area contributed by atoms with Gasteiger partial charge in [0.1, 0.15) is 11.6 Å². The third-order valence-corrected chi connectivity index (χ3v) is 13.7. The number of nitrogens with two attached hydrogens (primary N) is 1. The second kappa shape index (κ2) is 19.4. The number of carbonyl (C=O) groups excluding carboxylic acids is 2. The van der Waals surface area contributed by atoms with E-state index in [1.54, 1.807) is 88.9 Å². The van der Waals surface area contributed by atoms with Crippen LogP contribution in [0.3, 0.4) is 0 Å². The molecule has 18 nitrogen and oxygen atoms in total. The van der Waals surface area contributed by atoms with Gasteiger partial charge in [-0.1, -0.05) is 48.5 Å². The number of halogens is 2. The number of fused-ring (bicyclic) bond motifs is 2. The van der Waals surface area contributed by atoms with Crippen LogP contribution in [-0.4, -0.2) is 92.2 Å². The van der Waals surface area contributed by atoms with Crippen LogP contribution in [0, 0.1) is 11.6 Å². The lowest BCUT2D eigenvalue weighted by Gasteiger charge is -2.45. The van der Waals surface area contributed by atoms with Crippen LogP contribution in [0.4, 0.5) is 54.8 Å². The highest BCUT2D eigenvalue weighted by molar-refractivity contribution is 7.93. The maximum Gasteiger partial charge on any atom is 0.267 e. The number of likely N-dealkylation sites (N-methyl/N-ethyl adjacent to an activating group) is 2. The second-order valence-electron chi connectivity index (χ2n) is 16.2. The summed E-state index contributed by atoms with van der Waals surface area (Å²) in [6.07, 6.45) is -0.551. The molecule has 0 spiro atoms. The van der Waals surface area contributed by atoms with Crippen molar-refractivity contribution >= 4 is 99.9 Å². The van der Waals surface area contributed by atoms with Gasteiger partial charge >= 0.3 is 0 Å².